The molecule has 4 heteroatoms. The van der Waals surface area contributed by atoms with Crippen LogP contribution in [-0.4, -0.2) is 9.55 Å². The maximum atomic E-state index is 5.06. The lowest BCUT2D eigenvalue weighted by molar-refractivity contribution is -0.633. The molecule has 7 rings (SSSR count). The largest absolute Gasteiger partial charge is 0.295 e. The van der Waals surface area contributed by atoms with Gasteiger partial charge in [0.15, 0.2) is 11.0 Å². The van der Waals surface area contributed by atoms with Crippen LogP contribution in [0.1, 0.15) is 5.56 Å². The van der Waals surface area contributed by atoms with E-state index in [4.69, 9.17) is 4.98 Å². The summed E-state index contributed by atoms with van der Waals surface area (Å²) in [6.45, 7) is 2.21. The zero-order chi connectivity index (χ0) is 25.6. The number of aromatic nitrogens is 3. The van der Waals surface area contributed by atoms with Crippen LogP contribution in [0, 0.1) is 6.92 Å². The molecule has 182 valence electrons. The number of imidazole rings is 1. The first-order chi connectivity index (χ1) is 18.7. The minimum absolute atomic E-state index is 1.03. The van der Waals surface area contributed by atoms with E-state index in [-0.39, 0.29) is 0 Å². The number of nitrogens with zero attached hydrogens (tertiary/aromatic N) is 3. The van der Waals surface area contributed by atoms with Gasteiger partial charge in [-0.05, 0) is 48.4 Å². The summed E-state index contributed by atoms with van der Waals surface area (Å²) in [5, 5.41) is 1.05. The third kappa shape index (κ3) is 3.65. The highest BCUT2D eigenvalue weighted by atomic mass is 32.1. The van der Waals surface area contributed by atoms with Crippen LogP contribution in [0.2, 0.25) is 0 Å². The Kier molecular flexibility index (Phi) is 5.41. The van der Waals surface area contributed by atoms with Crippen LogP contribution in [0.25, 0.3) is 60.0 Å². The number of rotatable bonds is 4. The highest BCUT2D eigenvalue weighted by Gasteiger charge is 2.29. The van der Waals surface area contributed by atoms with Gasteiger partial charge in [0.25, 0.3) is 5.82 Å². The summed E-state index contributed by atoms with van der Waals surface area (Å²) >= 11 is 1.75. The molecule has 0 aliphatic carbocycles. The van der Waals surface area contributed by atoms with Crippen molar-refractivity contribution in [3.05, 3.63) is 127 Å². The molecule has 0 bridgehead atoms. The second kappa shape index (κ2) is 9.09. The molecule has 7 aromatic rings. The molecule has 0 aliphatic rings. The van der Waals surface area contributed by atoms with Crippen molar-refractivity contribution in [1.82, 2.24) is 9.55 Å². The van der Waals surface area contributed by atoms with Crippen LogP contribution >= 0.6 is 11.3 Å². The number of hydrogen-bond donors (Lipinski definition) is 0. The smallest absolute Gasteiger partial charge is 0.236 e. The van der Waals surface area contributed by atoms with Crippen molar-refractivity contribution in [3.8, 4) is 38.8 Å². The Balaban J connectivity index is 1.51. The number of thiazole rings is 1. The van der Waals surface area contributed by atoms with Gasteiger partial charge >= 0.3 is 0 Å². The number of hydrogen-bond acceptors (Lipinski definition) is 2. The molecule has 0 atom stereocenters. The summed E-state index contributed by atoms with van der Waals surface area (Å²) in [7, 11) is 2.17. The molecular formula is C34H26N3S+. The van der Waals surface area contributed by atoms with Crippen LogP contribution in [0.4, 0.5) is 0 Å². The second-order valence-corrected chi connectivity index (χ2v) is 10.6. The maximum absolute atomic E-state index is 5.06. The van der Waals surface area contributed by atoms with E-state index in [0.29, 0.717) is 0 Å². The summed E-state index contributed by atoms with van der Waals surface area (Å²) in [6.07, 6.45) is 0. The summed E-state index contributed by atoms with van der Waals surface area (Å²) in [5.41, 5.74) is 10.5. The maximum Gasteiger partial charge on any atom is 0.295 e. The summed E-state index contributed by atoms with van der Waals surface area (Å²) in [5.74, 6) is 1.14. The van der Waals surface area contributed by atoms with Crippen molar-refractivity contribution in [1.29, 1.82) is 0 Å². The molecule has 0 saturated heterocycles. The zero-order valence-corrected chi connectivity index (χ0v) is 22.1. The zero-order valence-electron chi connectivity index (χ0n) is 21.3. The molecule has 0 spiro atoms. The summed E-state index contributed by atoms with van der Waals surface area (Å²) < 4.78 is 5.94. The third-order valence-corrected chi connectivity index (χ3v) is 8.31. The van der Waals surface area contributed by atoms with Crippen molar-refractivity contribution < 1.29 is 4.57 Å². The van der Waals surface area contributed by atoms with E-state index >= 15 is 0 Å². The van der Waals surface area contributed by atoms with E-state index in [1.54, 1.807) is 11.3 Å². The third-order valence-electron chi connectivity index (χ3n) is 7.24. The predicted molar refractivity (Wildman–Crippen MR) is 159 cm³/mol. The van der Waals surface area contributed by atoms with Gasteiger partial charge in [0.2, 0.25) is 0 Å². The number of fused-ring (bicyclic) bond motifs is 2. The Hall–Kier alpha value is -4.54. The van der Waals surface area contributed by atoms with Crippen LogP contribution < -0.4 is 4.57 Å². The fourth-order valence-electron chi connectivity index (χ4n) is 5.41. The number of benzene rings is 5. The molecule has 2 aromatic heterocycles. The minimum atomic E-state index is 1.03. The van der Waals surface area contributed by atoms with E-state index in [0.717, 1.165) is 27.6 Å². The summed E-state index contributed by atoms with van der Waals surface area (Å²) in [6, 6.07) is 43.0. The van der Waals surface area contributed by atoms with Gasteiger partial charge in [-0.1, -0.05) is 91.0 Å². The Morgan fingerprint density at radius 3 is 2.13 bits per heavy atom. The van der Waals surface area contributed by atoms with Gasteiger partial charge in [0.1, 0.15) is 10.7 Å². The fraction of sp³-hybridized carbons (Fsp3) is 0.0588. The van der Waals surface area contributed by atoms with Crippen molar-refractivity contribution in [2.45, 2.75) is 6.92 Å². The van der Waals surface area contributed by atoms with Gasteiger partial charge in [-0.15, -0.1) is 11.3 Å². The second-order valence-electron chi connectivity index (χ2n) is 9.61. The molecule has 3 nitrogen and oxygen atoms in total. The number of para-hydroxylation sites is 3. The Morgan fingerprint density at radius 2 is 1.34 bits per heavy atom. The fourth-order valence-corrected chi connectivity index (χ4v) is 6.46. The van der Waals surface area contributed by atoms with Gasteiger partial charge in [0.05, 0.1) is 22.8 Å². The SMILES string of the molecule is Cc1cc2sc(-c3ccccc3)nc2cc1-c1n(-c2ccccc2-c2ccccc2)c2ccccc2[n+]1C. The van der Waals surface area contributed by atoms with Gasteiger partial charge in [0, 0.05) is 11.1 Å². The average Bonchev–Trinajstić information content (AvgIpc) is 3.52. The van der Waals surface area contributed by atoms with Gasteiger partial charge in [-0.2, -0.15) is 4.57 Å². The molecule has 0 unspecified atom stereocenters. The van der Waals surface area contributed by atoms with Crippen LogP contribution in [0.15, 0.2) is 121 Å². The highest BCUT2D eigenvalue weighted by molar-refractivity contribution is 7.21. The van der Waals surface area contributed by atoms with Crippen molar-refractivity contribution in [2.24, 2.45) is 7.05 Å². The van der Waals surface area contributed by atoms with E-state index < -0.39 is 0 Å². The molecule has 2 heterocycles. The lowest BCUT2D eigenvalue weighted by atomic mass is 10.0. The Bertz CT molecular complexity index is 1930. The van der Waals surface area contributed by atoms with Gasteiger partial charge in [-0.3, -0.25) is 0 Å². The van der Waals surface area contributed by atoms with Crippen molar-refractivity contribution in [3.63, 3.8) is 0 Å². The Labute approximate surface area is 225 Å². The standard InChI is InChI=1S/C34H26N3S/c1-23-21-32-28(35-33(38-32)25-15-7-4-8-16-25)22-27(23)34-36(2)30-19-11-12-20-31(30)37(34)29-18-10-9-17-26(29)24-13-5-3-6-14-24/h3-22H,1-2H3/q+1. The van der Waals surface area contributed by atoms with Crippen LogP contribution in [-0.2, 0) is 7.05 Å². The molecule has 0 N–H and O–H groups in total. The molecule has 0 fully saturated rings. The monoisotopic (exact) mass is 508 g/mol. The molecule has 5 aromatic carbocycles. The first-order valence-electron chi connectivity index (χ1n) is 12.8. The van der Waals surface area contributed by atoms with Gasteiger partial charge < -0.3 is 0 Å². The predicted octanol–water partition coefficient (Wildman–Crippen LogP) is 8.37. The van der Waals surface area contributed by atoms with E-state index in [1.165, 1.54) is 38.0 Å². The number of aryl methyl sites for hydroxylation is 2. The topological polar surface area (TPSA) is 21.7 Å². The first kappa shape index (κ1) is 22.6. The van der Waals surface area contributed by atoms with Crippen LogP contribution in [0.3, 0.4) is 0 Å². The highest BCUT2D eigenvalue weighted by Crippen LogP contribution is 2.37. The molecule has 0 amide bonds. The molecule has 0 saturated carbocycles. The average molecular weight is 509 g/mol. The molecule has 0 aliphatic heterocycles. The lowest BCUT2D eigenvalue weighted by Crippen LogP contribution is -2.30. The molecule has 0 radical (unpaired) electrons. The minimum Gasteiger partial charge on any atom is -0.236 e. The van der Waals surface area contributed by atoms with E-state index in [2.05, 4.69) is 138 Å². The molecule has 38 heavy (non-hydrogen) atoms. The summed E-state index contributed by atoms with van der Waals surface area (Å²) in [4.78, 5) is 5.06. The lowest BCUT2D eigenvalue weighted by Gasteiger charge is -2.11. The quantitative estimate of drug-likeness (QED) is 0.219. The molecular weight excluding hydrogens is 482 g/mol. The van der Waals surface area contributed by atoms with Gasteiger partial charge in [-0.25, -0.2) is 9.55 Å². The first-order valence-corrected chi connectivity index (χ1v) is 13.6. The van der Waals surface area contributed by atoms with Crippen LogP contribution in [0.5, 0.6) is 0 Å². The van der Waals surface area contributed by atoms with Crippen molar-refractivity contribution >= 4 is 32.6 Å². The van der Waals surface area contributed by atoms with E-state index in [9.17, 15) is 0 Å². The van der Waals surface area contributed by atoms with Crippen molar-refractivity contribution in [2.75, 3.05) is 0 Å². The normalized spacial score (nSPS) is 11.4. The Morgan fingerprint density at radius 1 is 0.684 bits per heavy atom. The van der Waals surface area contributed by atoms with E-state index in [1.807, 2.05) is 6.07 Å².